The highest BCUT2D eigenvalue weighted by atomic mass is 16.3. The minimum atomic E-state index is -0.590. The fourth-order valence-electron chi connectivity index (χ4n) is 10.0. The number of nitrogens with two attached hydrogens (primary N) is 4. The van der Waals surface area contributed by atoms with E-state index in [1.54, 1.807) is 43.3 Å². The van der Waals surface area contributed by atoms with Gasteiger partial charge in [-0.05, 0) is 130 Å². The summed E-state index contributed by atoms with van der Waals surface area (Å²) in [5.74, 6) is 0.160. The number of aromatic hydroxyl groups is 2. The summed E-state index contributed by atoms with van der Waals surface area (Å²) < 4.78 is 0. The molecule has 96 heavy (non-hydrogen) atoms. The Hall–Kier alpha value is -8.74. The van der Waals surface area contributed by atoms with Gasteiger partial charge in [-0.3, -0.25) is 0 Å². The number of unbranched alkanes of at least 4 members (excludes halogenated alkanes) is 2. The first-order valence-electron chi connectivity index (χ1n) is 33.6. The summed E-state index contributed by atoms with van der Waals surface area (Å²) in [7, 11) is 0. The average molecular weight is 1350 g/mol. The monoisotopic (exact) mass is 1350 g/mol. The van der Waals surface area contributed by atoms with Crippen LogP contribution in [0.4, 0.5) is 38.4 Å². The van der Waals surface area contributed by atoms with Gasteiger partial charge in [0.15, 0.2) is 0 Å². The van der Waals surface area contributed by atoms with Gasteiger partial charge in [-0.15, -0.1) is 0 Å². The van der Waals surface area contributed by atoms with Crippen LogP contribution in [0.15, 0.2) is 78.9 Å². The maximum Gasteiger partial charge on any atom is 0.315 e. The van der Waals surface area contributed by atoms with Gasteiger partial charge in [0, 0.05) is 89.1 Å². The molecule has 0 heterocycles. The molecule has 0 fully saturated rings. The molecule has 0 radical (unpaired) electrons. The lowest BCUT2D eigenvalue weighted by Crippen LogP contribution is -2.56. The lowest BCUT2D eigenvalue weighted by atomic mass is 10.0. The Labute approximate surface area is 566 Å². The van der Waals surface area contributed by atoms with Crippen molar-refractivity contribution in [3.8, 4) is 11.5 Å². The Morgan fingerprint density at radius 3 is 1.07 bits per heavy atom. The highest BCUT2D eigenvalue weighted by molar-refractivity contribution is 5.79. The summed E-state index contributed by atoms with van der Waals surface area (Å²) in [4.78, 5) is 106. The number of nitrogens with one attached hydrogen (secondary N) is 16. The Balaban J connectivity index is 1.54. The average Bonchev–Trinajstić information content (AvgIpc) is 3.70. The van der Waals surface area contributed by atoms with Gasteiger partial charge in [0.1, 0.15) is 11.5 Å². The molecule has 0 saturated heterocycles. The fourth-order valence-corrected chi connectivity index (χ4v) is 10.0. The Morgan fingerprint density at radius 1 is 0.365 bits per heavy atom. The zero-order chi connectivity index (χ0) is 70.8. The number of amides is 16. The van der Waals surface area contributed by atoms with E-state index in [2.05, 4.69) is 85.1 Å². The maximum absolute atomic E-state index is 13.6. The first-order valence-corrected chi connectivity index (χ1v) is 33.6. The molecule has 0 spiro atoms. The third-order valence-electron chi connectivity index (χ3n) is 15.6. The van der Waals surface area contributed by atoms with Crippen molar-refractivity contribution < 1.29 is 48.6 Å². The van der Waals surface area contributed by atoms with Gasteiger partial charge in [-0.1, -0.05) is 109 Å². The van der Waals surface area contributed by atoms with Crippen LogP contribution in [0, 0.1) is 17.8 Å². The van der Waals surface area contributed by atoms with Crippen molar-refractivity contribution in [1.29, 1.82) is 0 Å². The largest absolute Gasteiger partial charge is 0.508 e. The van der Waals surface area contributed by atoms with Crippen molar-refractivity contribution >= 4 is 48.2 Å². The second kappa shape index (κ2) is 46.4. The molecule has 30 heteroatoms. The summed E-state index contributed by atoms with van der Waals surface area (Å²) in [6.07, 6.45) is 5.56. The van der Waals surface area contributed by atoms with E-state index in [9.17, 15) is 48.6 Å². The lowest BCUT2D eigenvalue weighted by molar-refractivity contribution is 0.220. The number of hydrogen-bond donors (Lipinski definition) is 22. The first kappa shape index (κ1) is 81.5. The number of urea groups is 8. The SMILES string of the molecule is CC(C)CC(CNC(=O)NC(CNC(=O)NC(CNC(=O)NC(CCCCN)CNC(=O)NC(CNC(=O)NC(CNC(=O)NC(C)CN)Cc1ccc(O)cc1)C(C)C)Cc1ccccc1)C(C)C)NC(=O)NC[C@H](CCCCN)NC(=O)NCC(N)Cc1ccc(O)cc1. The number of phenols is 2. The molecule has 8 unspecified atom stereocenters. The van der Waals surface area contributed by atoms with Crippen LogP contribution in [0.5, 0.6) is 11.5 Å². The summed E-state index contributed by atoms with van der Waals surface area (Å²) in [6, 6.07) is 14.5. The lowest BCUT2D eigenvalue weighted by Gasteiger charge is -2.26. The highest BCUT2D eigenvalue weighted by Gasteiger charge is 2.25. The molecule has 16 amide bonds. The molecule has 0 aliphatic heterocycles. The van der Waals surface area contributed by atoms with Crippen LogP contribution in [0.1, 0.15) is 110 Å². The van der Waals surface area contributed by atoms with E-state index < -0.39 is 90.5 Å². The predicted octanol–water partition coefficient (Wildman–Crippen LogP) is 2.39. The maximum atomic E-state index is 13.6. The van der Waals surface area contributed by atoms with Gasteiger partial charge in [-0.25, -0.2) is 38.4 Å². The number of carbonyl (C=O) groups is 8. The van der Waals surface area contributed by atoms with Crippen molar-refractivity contribution in [2.24, 2.45) is 40.7 Å². The summed E-state index contributed by atoms with van der Waals surface area (Å²) in [5, 5.41) is 65.4. The van der Waals surface area contributed by atoms with Gasteiger partial charge in [0.25, 0.3) is 0 Å². The van der Waals surface area contributed by atoms with Crippen molar-refractivity contribution in [3.05, 3.63) is 95.6 Å². The summed E-state index contributed by atoms with van der Waals surface area (Å²) >= 11 is 0. The van der Waals surface area contributed by atoms with E-state index in [1.165, 1.54) is 12.1 Å². The zero-order valence-electron chi connectivity index (χ0n) is 57.3. The van der Waals surface area contributed by atoms with Crippen LogP contribution < -0.4 is 108 Å². The smallest absolute Gasteiger partial charge is 0.315 e. The molecule has 9 atom stereocenters. The quantitative estimate of drug-likeness (QED) is 0.0362. The third kappa shape index (κ3) is 37.4. The van der Waals surface area contributed by atoms with Gasteiger partial charge in [0.2, 0.25) is 0 Å². The molecule has 0 aliphatic rings. The molecular weight excluding hydrogens is 1230 g/mol. The van der Waals surface area contributed by atoms with Crippen LogP contribution in [0.25, 0.3) is 0 Å². The number of phenolic OH excluding ortho intramolecular Hbond substituents is 2. The molecule has 0 bridgehead atoms. The fraction of sp³-hybridized carbons (Fsp3) is 0.606. The normalized spacial score (nSPS) is 13.9. The van der Waals surface area contributed by atoms with Crippen LogP contribution in [0.2, 0.25) is 0 Å². The minimum absolute atomic E-state index is 0.0210. The molecule has 538 valence electrons. The summed E-state index contributed by atoms with van der Waals surface area (Å²) in [6.45, 7) is 15.2. The van der Waals surface area contributed by atoms with E-state index in [1.807, 2.05) is 71.9 Å². The van der Waals surface area contributed by atoms with Crippen LogP contribution >= 0.6 is 0 Å². The van der Waals surface area contributed by atoms with Crippen LogP contribution in [-0.2, 0) is 19.3 Å². The second-order valence-corrected chi connectivity index (χ2v) is 25.5. The molecule has 0 saturated carbocycles. The molecular formula is C66H114N20O10. The Kier molecular flexibility index (Phi) is 39.4. The molecule has 26 N–H and O–H groups in total. The van der Waals surface area contributed by atoms with Crippen molar-refractivity contribution in [3.63, 3.8) is 0 Å². The molecule has 3 aromatic rings. The molecule has 0 aromatic heterocycles. The third-order valence-corrected chi connectivity index (χ3v) is 15.6. The standard InChI is InChI=1S/C66H114N20O10/c1-42(2)29-52(82-62(92)72-35-50(17-11-13-27-67)80-60(90)71-34-49(70)30-47-19-23-55(87)24-20-47)37-76-66(96)86-58(44(5)6)41-77-63(93)83-53(31-46-15-9-8-10-16-46)39-75-61(91)81-51(18-12-14-28-68)36-73-65(95)85-57(43(3)4)40-78-64(94)84-54(32-48-21-25-56(88)26-22-48)38-74-59(89)79-45(7)33-69/h8-10,15-16,19-26,42-45,49-54,57-58,87-88H,11-14,17-18,27-41,67-70H2,1-7H3,(H2,71,80,90)(H2,72,82,92)(H2,73,85,95)(H2,74,79,89)(H2,75,81,91)(H2,76,86,96)(H2,77,83,93)(H2,78,84,94)/t45?,49?,50-,51?,52?,53?,54?,57?,58?/m0/s1. The van der Waals surface area contributed by atoms with Crippen molar-refractivity contribution in [1.82, 2.24) is 85.1 Å². The van der Waals surface area contributed by atoms with Gasteiger partial charge in [0.05, 0.1) is 24.2 Å². The van der Waals surface area contributed by atoms with Crippen LogP contribution in [0.3, 0.4) is 0 Å². The number of benzene rings is 3. The number of carbonyl (C=O) groups excluding carboxylic acids is 8. The molecule has 0 aliphatic carbocycles. The van der Waals surface area contributed by atoms with Crippen molar-refractivity contribution in [2.75, 3.05) is 72.0 Å². The van der Waals surface area contributed by atoms with E-state index in [0.29, 0.717) is 64.5 Å². The van der Waals surface area contributed by atoms with E-state index >= 15 is 0 Å². The molecule has 3 aromatic carbocycles. The Morgan fingerprint density at radius 2 is 0.688 bits per heavy atom. The second-order valence-electron chi connectivity index (χ2n) is 25.5. The number of hydrogen-bond acceptors (Lipinski definition) is 14. The van der Waals surface area contributed by atoms with E-state index in [0.717, 1.165) is 29.5 Å². The zero-order valence-corrected chi connectivity index (χ0v) is 57.3. The first-order chi connectivity index (χ1) is 45.8. The number of rotatable bonds is 43. The van der Waals surface area contributed by atoms with Crippen molar-refractivity contribution in [2.45, 2.75) is 167 Å². The van der Waals surface area contributed by atoms with Gasteiger partial charge < -0.3 is 118 Å². The van der Waals surface area contributed by atoms with Gasteiger partial charge in [-0.2, -0.15) is 0 Å². The molecule has 3 rings (SSSR count). The summed E-state index contributed by atoms with van der Waals surface area (Å²) in [5.41, 5.74) is 26.1. The van der Waals surface area contributed by atoms with E-state index in [-0.39, 0.29) is 100 Å². The minimum Gasteiger partial charge on any atom is -0.508 e. The van der Waals surface area contributed by atoms with Gasteiger partial charge >= 0.3 is 48.2 Å². The predicted molar refractivity (Wildman–Crippen MR) is 374 cm³/mol. The topological polar surface area (TPSA) is 474 Å². The Bertz CT molecular complexity index is 2740. The highest BCUT2D eigenvalue weighted by Crippen LogP contribution is 2.14. The van der Waals surface area contributed by atoms with Crippen LogP contribution in [-0.4, -0.2) is 185 Å². The molecule has 30 nitrogen and oxygen atoms in total. The van der Waals surface area contributed by atoms with E-state index in [4.69, 9.17) is 22.9 Å².